The second-order valence-electron chi connectivity index (χ2n) is 4.45. The second-order valence-corrected chi connectivity index (χ2v) is 5.37. The van der Waals surface area contributed by atoms with Gasteiger partial charge in [0.05, 0.1) is 6.04 Å². The van der Waals surface area contributed by atoms with Gasteiger partial charge in [-0.1, -0.05) is 28.1 Å². The predicted octanol–water partition coefficient (Wildman–Crippen LogP) is 3.35. The van der Waals surface area contributed by atoms with Gasteiger partial charge >= 0.3 is 0 Å². The van der Waals surface area contributed by atoms with Crippen LogP contribution in [-0.2, 0) is 0 Å². The fraction of sp³-hybridized carbons (Fsp3) is 0.133. The van der Waals surface area contributed by atoms with E-state index in [-0.39, 0.29) is 23.4 Å². The summed E-state index contributed by atoms with van der Waals surface area (Å²) >= 11 is 3.36. The van der Waals surface area contributed by atoms with Crippen molar-refractivity contribution in [2.75, 3.05) is 0 Å². The summed E-state index contributed by atoms with van der Waals surface area (Å²) in [5, 5.41) is 21.5. The molecule has 0 aliphatic rings. The number of benzene rings is 2. The number of phenols is 2. The van der Waals surface area contributed by atoms with Crippen molar-refractivity contribution in [2.24, 2.45) is 0 Å². The third-order valence-corrected chi connectivity index (χ3v) is 3.48. The summed E-state index contributed by atoms with van der Waals surface area (Å²) < 4.78 is 0.975. The van der Waals surface area contributed by atoms with Crippen LogP contribution in [0.25, 0.3) is 0 Å². The average Bonchev–Trinajstić information content (AvgIpc) is 2.42. The van der Waals surface area contributed by atoms with E-state index in [4.69, 9.17) is 0 Å². The fourth-order valence-corrected chi connectivity index (χ4v) is 2.04. The highest BCUT2D eigenvalue weighted by Crippen LogP contribution is 2.25. The van der Waals surface area contributed by atoms with Crippen molar-refractivity contribution in [2.45, 2.75) is 13.0 Å². The normalized spacial score (nSPS) is 11.9. The van der Waals surface area contributed by atoms with Gasteiger partial charge in [0, 0.05) is 10.0 Å². The van der Waals surface area contributed by atoms with Crippen LogP contribution in [0.1, 0.15) is 28.9 Å². The topological polar surface area (TPSA) is 69.6 Å². The minimum Gasteiger partial charge on any atom is -0.504 e. The zero-order valence-corrected chi connectivity index (χ0v) is 12.4. The van der Waals surface area contributed by atoms with Crippen LogP contribution in [-0.4, -0.2) is 16.1 Å². The van der Waals surface area contributed by atoms with Gasteiger partial charge in [0.1, 0.15) is 0 Å². The highest BCUT2D eigenvalue weighted by atomic mass is 79.9. The van der Waals surface area contributed by atoms with Crippen LogP contribution in [0, 0.1) is 0 Å². The van der Waals surface area contributed by atoms with Crippen molar-refractivity contribution >= 4 is 21.8 Å². The number of hydrogen-bond donors (Lipinski definition) is 3. The maximum absolute atomic E-state index is 12.0. The molecular formula is C15H14BrNO3. The SMILES string of the molecule is CC(NC(=O)c1ccc(O)c(O)c1)c1ccc(Br)cc1. The van der Waals surface area contributed by atoms with E-state index < -0.39 is 0 Å². The molecule has 5 heteroatoms. The Bertz CT molecular complexity index is 626. The van der Waals surface area contributed by atoms with Gasteiger partial charge in [-0.3, -0.25) is 4.79 Å². The zero-order valence-electron chi connectivity index (χ0n) is 10.8. The lowest BCUT2D eigenvalue weighted by molar-refractivity contribution is 0.0939. The third kappa shape index (κ3) is 3.30. The molecule has 1 amide bonds. The van der Waals surface area contributed by atoms with E-state index in [0.29, 0.717) is 5.56 Å². The average molecular weight is 336 g/mol. The van der Waals surface area contributed by atoms with Gasteiger partial charge in [-0.2, -0.15) is 0 Å². The molecule has 0 heterocycles. The summed E-state index contributed by atoms with van der Waals surface area (Å²) in [5.41, 5.74) is 1.27. The van der Waals surface area contributed by atoms with Crippen LogP contribution >= 0.6 is 15.9 Å². The molecule has 0 bridgehead atoms. The Morgan fingerprint density at radius 1 is 1.10 bits per heavy atom. The van der Waals surface area contributed by atoms with Gasteiger partial charge in [0.25, 0.3) is 5.91 Å². The number of rotatable bonds is 3. The molecule has 0 aromatic heterocycles. The third-order valence-electron chi connectivity index (χ3n) is 2.96. The molecule has 1 atom stereocenters. The minimum absolute atomic E-state index is 0.161. The standard InChI is InChI=1S/C15H14BrNO3/c1-9(10-2-5-12(16)6-3-10)17-15(20)11-4-7-13(18)14(19)8-11/h2-9,18-19H,1H3,(H,17,20). The molecule has 3 N–H and O–H groups in total. The van der Waals surface area contributed by atoms with Crippen molar-refractivity contribution in [3.63, 3.8) is 0 Å². The number of aromatic hydroxyl groups is 2. The maximum Gasteiger partial charge on any atom is 0.251 e. The van der Waals surface area contributed by atoms with E-state index >= 15 is 0 Å². The van der Waals surface area contributed by atoms with Crippen molar-refractivity contribution in [3.8, 4) is 11.5 Å². The molecule has 0 aliphatic carbocycles. The molecule has 1 unspecified atom stereocenters. The molecule has 4 nitrogen and oxygen atoms in total. The Morgan fingerprint density at radius 3 is 2.35 bits per heavy atom. The first kappa shape index (κ1) is 14.4. The van der Waals surface area contributed by atoms with Gasteiger partial charge < -0.3 is 15.5 Å². The fourth-order valence-electron chi connectivity index (χ4n) is 1.78. The summed E-state index contributed by atoms with van der Waals surface area (Å²) in [5.74, 6) is -0.868. The molecule has 2 rings (SSSR count). The largest absolute Gasteiger partial charge is 0.504 e. The van der Waals surface area contributed by atoms with Crippen LogP contribution in [0.2, 0.25) is 0 Å². The number of carbonyl (C=O) groups is 1. The number of carbonyl (C=O) groups excluding carboxylic acids is 1. The lowest BCUT2D eigenvalue weighted by atomic mass is 10.1. The van der Waals surface area contributed by atoms with Crippen LogP contribution in [0.5, 0.6) is 11.5 Å². The zero-order chi connectivity index (χ0) is 14.7. The number of halogens is 1. The molecule has 2 aromatic rings. The first-order chi connectivity index (χ1) is 9.47. The van der Waals surface area contributed by atoms with Gasteiger partial charge in [0.15, 0.2) is 11.5 Å². The van der Waals surface area contributed by atoms with Crippen LogP contribution in [0.3, 0.4) is 0 Å². The highest BCUT2D eigenvalue weighted by Gasteiger charge is 2.13. The first-order valence-electron chi connectivity index (χ1n) is 6.05. The lowest BCUT2D eigenvalue weighted by Gasteiger charge is -2.14. The van der Waals surface area contributed by atoms with Crippen LogP contribution in [0.4, 0.5) is 0 Å². The Balaban J connectivity index is 2.10. The van der Waals surface area contributed by atoms with Crippen molar-refractivity contribution < 1.29 is 15.0 Å². The number of nitrogens with one attached hydrogen (secondary N) is 1. The Hall–Kier alpha value is -2.01. The molecule has 0 saturated heterocycles. The van der Waals surface area contributed by atoms with Crippen molar-refractivity contribution in [3.05, 3.63) is 58.1 Å². The lowest BCUT2D eigenvalue weighted by Crippen LogP contribution is -2.26. The molecule has 0 spiro atoms. The summed E-state index contributed by atoms with van der Waals surface area (Å²) in [6.07, 6.45) is 0. The number of phenolic OH excluding ortho intramolecular Hbond substituents is 2. The van der Waals surface area contributed by atoms with Crippen molar-refractivity contribution in [1.82, 2.24) is 5.32 Å². The van der Waals surface area contributed by atoms with Crippen LogP contribution in [0.15, 0.2) is 46.9 Å². The molecular weight excluding hydrogens is 322 g/mol. The van der Waals surface area contributed by atoms with Crippen molar-refractivity contribution in [1.29, 1.82) is 0 Å². The maximum atomic E-state index is 12.0. The van der Waals surface area contributed by atoms with Gasteiger partial charge in [-0.25, -0.2) is 0 Å². The summed E-state index contributed by atoms with van der Waals surface area (Å²) in [6, 6.07) is 11.5. The minimum atomic E-state index is -0.311. The van der Waals surface area contributed by atoms with Gasteiger partial charge in [-0.15, -0.1) is 0 Å². The number of hydrogen-bond acceptors (Lipinski definition) is 3. The first-order valence-corrected chi connectivity index (χ1v) is 6.85. The van der Waals surface area contributed by atoms with E-state index in [2.05, 4.69) is 21.2 Å². The summed E-state index contributed by atoms with van der Waals surface area (Å²) in [6.45, 7) is 1.88. The van der Waals surface area contributed by atoms with E-state index in [1.165, 1.54) is 18.2 Å². The Morgan fingerprint density at radius 2 is 1.75 bits per heavy atom. The van der Waals surface area contributed by atoms with Gasteiger partial charge in [-0.05, 0) is 42.8 Å². The summed E-state index contributed by atoms with van der Waals surface area (Å²) in [4.78, 5) is 12.0. The molecule has 0 aliphatic heterocycles. The Labute approximate surface area is 125 Å². The number of amides is 1. The molecule has 2 aromatic carbocycles. The van der Waals surface area contributed by atoms with E-state index in [1.807, 2.05) is 31.2 Å². The predicted molar refractivity (Wildman–Crippen MR) is 79.8 cm³/mol. The van der Waals surface area contributed by atoms with Crippen LogP contribution < -0.4 is 5.32 Å². The molecule has 0 radical (unpaired) electrons. The van der Waals surface area contributed by atoms with Gasteiger partial charge in [0.2, 0.25) is 0 Å². The Kier molecular flexibility index (Phi) is 4.29. The molecule has 104 valence electrons. The highest BCUT2D eigenvalue weighted by molar-refractivity contribution is 9.10. The smallest absolute Gasteiger partial charge is 0.251 e. The van der Waals surface area contributed by atoms with E-state index in [1.54, 1.807) is 0 Å². The van der Waals surface area contributed by atoms with E-state index in [9.17, 15) is 15.0 Å². The second kappa shape index (κ2) is 5.96. The quantitative estimate of drug-likeness (QED) is 0.753. The molecule has 0 fully saturated rings. The monoisotopic (exact) mass is 335 g/mol. The summed E-state index contributed by atoms with van der Waals surface area (Å²) in [7, 11) is 0. The molecule has 0 saturated carbocycles. The molecule has 20 heavy (non-hydrogen) atoms. The van der Waals surface area contributed by atoms with E-state index in [0.717, 1.165) is 10.0 Å².